The first-order valence-electron chi connectivity index (χ1n) is 9.53. The molecule has 3 amide bonds. The highest BCUT2D eigenvalue weighted by Gasteiger charge is 2.39. The summed E-state index contributed by atoms with van der Waals surface area (Å²) in [6.07, 6.45) is 0. The maximum absolute atomic E-state index is 12.9. The molecule has 0 atom stereocenters. The number of aliphatic hydroxyl groups is 1. The molecule has 2 heterocycles. The molecule has 2 aromatic carbocycles. The van der Waals surface area contributed by atoms with E-state index in [1.54, 1.807) is 48.5 Å². The SMILES string of the molecule is COC(=O)C1=C(Nc2ccccc2N2C(=O)c3ccccc3C2=O)C(=O)N(CCO)C1. The van der Waals surface area contributed by atoms with Gasteiger partial charge < -0.3 is 20.1 Å². The number of anilines is 2. The molecule has 0 unspecified atom stereocenters. The fraction of sp³-hybridized carbons (Fsp3) is 0.182. The molecule has 0 saturated carbocycles. The zero-order valence-corrected chi connectivity index (χ0v) is 16.6. The molecule has 158 valence electrons. The van der Waals surface area contributed by atoms with Crippen molar-refractivity contribution in [2.24, 2.45) is 0 Å². The summed E-state index contributed by atoms with van der Waals surface area (Å²) < 4.78 is 4.79. The Morgan fingerprint density at radius 3 is 2.23 bits per heavy atom. The van der Waals surface area contributed by atoms with Gasteiger partial charge in [-0.2, -0.15) is 0 Å². The number of rotatable bonds is 6. The average Bonchev–Trinajstić information content (AvgIpc) is 3.23. The molecular weight excluding hydrogens is 402 g/mol. The smallest absolute Gasteiger partial charge is 0.337 e. The van der Waals surface area contributed by atoms with Crippen LogP contribution in [-0.2, 0) is 14.3 Å². The fourth-order valence-corrected chi connectivity index (χ4v) is 3.67. The summed E-state index contributed by atoms with van der Waals surface area (Å²) in [4.78, 5) is 53.2. The predicted molar refractivity (Wildman–Crippen MR) is 110 cm³/mol. The second kappa shape index (κ2) is 8.04. The highest BCUT2D eigenvalue weighted by molar-refractivity contribution is 6.35. The highest BCUT2D eigenvalue weighted by atomic mass is 16.5. The van der Waals surface area contributed by atoms with Crippen molar-refractivity contribution < 1.29 is 29.0 Å². The van der Waals surface area contributed by atoms with E-state index in [0.29, 0.717) is 16.8 Å². The van der Waals surface area contributed by atoms with E-state index in [2.05, 4.69) is 5.32 Å². The second-order valence-electron chi connectivity index (χ2n) is 6.93. The lowest BCUT2D eigenvalue weighted by atomic mass is 10.1. The van der Waals surface area contributed by atoms with Crippen molar-refractivity contribution in [2.75, 3.05) is 37.0 Å². The number of β-amino-alcohol motifs (C(OH)–C–C–N with tert-alkyl or cyclic N) is 1. The van der Waals surface area contributed by atoms with Crippen molar-refractivity contribution in [1.82, 2.24) is 4.90 Å². The van der Waals surface area contributed by atoms with Crippen LogP contribution in [0.2, 0.25) is 0 Å². The molecule has 0 aliphatic carbocycles. The quantitative estimate of drug-likeness (QED) is 0.531. The molecule has 2 N–H and O–H groups in total. The van der Waals surface area contributed by atoms with E-state index in [4.69, 9.17) is 4.74 Å². The minimum Gasteiger partial charge on any atom is -0.466 e. The Labute approximate surface area is 177 Å². The first kappa shape index (κ1) is 20.3. The van der Waals surface area contributed by atoms with Crippen LogP contribution >= 0.6 is 0 Å². The molecule has 0 radical (unpaired) electrons. The molecule has 31 heavy (non-hydrogen) atoms. The van der Waals surface area contributed by atoms with Gasteiger partial charge in [0, 0.05) is 6.54 Å². The number of imide groups is 1. The Morgan fingerprint density at radius 1 is 1.00 bits per heavy atom. The van der Waals surface area contributed by atoms with Gasteiger partial charge in [-0.05, 0) is 24.3 Å². The number of nitrogens with zero attached hydrogens (tertiary/aromatic N) is 2. The molecule has 0 bridgehead atoms. The monoisotopic (exact) mass is 421 g/mol. The molecule has 0 saturated heterocycles. The van der Waals surface area contributed by atoms with Gasteiger partial charge >= 0.3 is 5.97 Å². The standard InChI is InChI=1S/C22H19N3O6/c1-31-22(30)15-12-24(10-11-26)21(29)18(15)23-16-8-4-5-9-17(16)25-19(27)13-6-2-3-7-14(13)20(25)28/h2-9,23,26H,10-12H2,1H3. The van der Waals surface area contributed by atoms with Crippen LogP contribution in [0.4, 0.5) is 11.4 Å². The average molecular weight is 421 g/mol. The highest BCUT2D eigenvalue weighted by Crippen LogP contribution is 2.35. The van der Waals surface area contributed by atoms with Crippen LogP contribution in [0.15, 0.2) is 59.8 Å². The summed E-state index contributed by atoms with van der Waals surface area (Å²) in [5.74, 6) is -2.13. The van der Waals surface area contributed by atoms with Crippen LogP contribution in [0.25, 0.3) is 0 Å². The van der Waals surface area contributed by atoms with Crippen LogP contribution in [0.1, 0.15) is 20.7 Å². The number of benzene rings is 2. The molecule has 0 spiro atoms. The Hall–Kier alpha value is -3.98. The number of ether oxygens (including phenoxy) is 1. The van der Waals surface area contributed by atoms with Gasteiger partial charge in [-0.15, -0.1) is 0 Å². The number of carbonyl (C=O) groups is 4. The summed E-state index contributed by atoms with van der Waals surface area (Å²) in [5.41, 5.74) is 1.21. The molecular formula is C22H19N3O6. The van der Waals surface area contributed by atoms with Crippen molar-refractivity contribution in [2.45, 2.75) is 0 Å². The molecule has 2 aliphatic rings. The number of fused-ring (bicyclic) bond motifs is 1. The Bertz CT molecular complexity index is 1100. The first-order chi connectivity index (χ1) is 15.0. The molecule has 0 fully saturated rings. The Balaban J connectivity index is 1.73. The lowest BCUT2D eigenvalue weighted by Crippen LogP contribution is -2.32. The maximum Gasteiger partial charge on any atom is 0.337 e. The molecule has 9 nitrogen and oxygen atoms in total. The number of methoxy groups -OCH3 is 1. The first-order valence-corrected chi connectivity index (χ1v) is 9.53. The molecule has 2 aliphatic heterocycles. The fourth-order valence-electron chi connectivity index (χ4n) is 3.67. The van der Waals surface area contributed by atoms with Gasteiger partial charge in [-0.1, -0.05) is 24.3 Å². The summed E-state index contributed by atoms with van der Waals surface area (Å²) in [7, 11) is 1.21. The topological polar surface area (TPSA) is 116 Å². The largest absolute Gasteiger partial charge is 0.466 e. The van der Waals surface area contributed by atoms with Crippen molar-refractivity contribution >= 4 is 35.1 Å². The minimum absolute atomic E-state index is 0.0237. The zero-order chi connectivity index (χ0) is 22.1. The molecule has 2 aromatic rings. The number of aliphatic hydroxyl groups excluding tert-OH is 1. The lowest BCUT2D eigenvalue weighted by Gasteiger charge is -2.20. The third-order valence-electron chi connectivity index (χ3n) is 5.15. The maximum atomic E-state index is 12.9. The normalized spacial score (nSPS) is 15.6. The Morgan fingerprint density at radius 2 is 1.61 bits per heavy atom. The van der Waals surface area contributed by atoms with Gasteiger partial charge in [-0.3, -0.25) is 14.4 Å². The number of amides is 3. The van der Waals surface area contributed by atoms with Gasteiger partial charge in [0.25, 0.3) is 17.7 Å². The summed E-state index contributed by atoms with van der Waals surface area (Å²) >= 11 is 0. The van der Waals surface area contributed by atoms with Crippen LogP contribution in [0.5, 0.6) is 0 Å². The molecule has 9 heteroatoms. The van der Waals surface area contributed by atoms with E-state index in [1.165, 1.54) is 12.0 Å². The van der Waals surface area contributed by atoms with Crippen LogP contribution < -0.4 is 10.2 Å². The van der Waals surface area contributed by atoms with Crippen molar-refractivity contribution in [3.8, 4) is 0 Å². The van der Waals surface area contributed by atoms with Gasteiger partial charge in [0.2, 0.25) is 0 Å². The van der Waals surface area contributed by atoms with Gasteiger partial charge in [-0.25, -0.2) is 9.69 Å². The van der Waals surface area contributed by atoms with E-state index < -0.39 is 23.7 Å². The predicted octanol–water partition coefficient (Wildman–Crippen LogP) is 1.16. The number of carbonyl (C=O) groups excluding carboxylic acids is 4. The molecule has 4 rings (SSSR count). The van der Waals surface area contributed by atoms with Gasteiger partial charge in [0.15, 0.2) is 0 Å². The number of esters is 1. The van der Waals surface area contributed by atoms with Crippen molar-refractivity contribution in [1.29, 1.82) is 0 Å². The zero-order valence-electron chi connectivity index (χ0n) is 16.6. The lowest BCUT2D eigenvalue weighted by molar-refractivity contribution is -0.136. The summed E-state index contributed by atoms with van der Waals surface area (Å²) in [6, 6.07) is 13.0. The van der Waals surface area contributed by atoms with E-state index in [9.17, 15) is 24.3 Å². The number of nitrogens with one attached hydrogen (secondary N) is 1. The van der Waals surface area contributed by atoms with Gasteiger partial charge in [0.1, 0.15) is 5.70 Å². The van der Waals surface area contributed by atoms with Crippen LogP contribution in [0, 0.1) is 0 Å². The number of para-hydroxylation sites is 2. The van der Waals surface area contributed by atoms with E-state index in [1.807, 2.05) is 0 Å². The summed E-state index contributed by atoms with van der Waals surface area (Å²) in [6.45, 7) is -0.243. The minimum atomic E-state index is -0.686. The Kier molecular flexibility index (Phi) is 5.26. The van der Waals surface area contributed by atoms with Crippen LogP contribution in [-0.4, -0.2) is 60.5 Å². The van der Waals surface area contributed by atoms with Gasteiger partial charge in [0.05, 0.1) is 48.3 Å². The van der Waals surface area contributed by atoms with Crippen molar-refractivity contribution in [3.05, 3.63) is 70.9 Å². The van der Waals surface area contributed by atoms with Crippen LogP contribution in [0.3, 0.4) is 0 Å². The van der Waals surface area contributed by atoms with E-state index in [0.717, 1.165) is 4.90 Å². The summed E-state index contributed by atoms with van der Waals surface area (Å²) in [5, 5.41) is 12.1. The molecule has 0 aromatic heterocycles. The number of hydrogen-bond donors (Lipinski definition) is 2. The van der Waals surface area contributed by atoms with Crippen molar-refractivity contribution in [3.63, 3.8) is 0 Å². The third kappa shape index (κ3) is 3.34. The third-order valence-corrected chi connectivity index (χ3v) is 5.15. The second-order valence-corrected chi connectivity index (χ2v) is 6.93. The van der Waals surface area contributed by atoms with E-state index >= 15 is 0 Å². The number of hydrogen-bond acceptors (Lipinski definition) is 7. The van der Waals surface area contributed by atoms with E-state index in [-0.39, 0.29) is 36.7 Å².